The van der Waals surface area contributed by atoms with E-state index >= 15 is 0 Å². The highest BCUT2D eigenvalue weighted by atomic mass is 19.1. The van der Waals surface area contributed by atoms with E-state index in [1.165, 1.54) is 0 Å². The molecule has 1 aliphatic heterocycles. The number of β-amino-alcohol motifs (C(OH)–C–C–N with tert-alkyl or cyclic N) is 1. The Labute approximate surface area is 227 Å². The van der Waals surface area contributed by atoms with Crippen molar-refractivity contribution in [2.75, 3.05) is 33.4 Å². The predicted molar refractivity (Wildman–Crippen MR) is 147 cm³/mol. The Kier molecular flexibility index (Phi) is 12.0. The van der Waals surface area contributed by atoms with E-state index in [4.69, 9.17) is 14.2 Å². The minimum absolute atomic E-state index is 0.162. The molecule has 0 saturated carbocycles. The molecule has 0 aromatic heterocycles. The highest BCUT2D eigenvalue weighted by Gasteiger charge is 2.27. The van der Waals surface area contributed by atoms with Crippen molar-refractivity contribution in [1.29, 1.82) is 0 Å². The van der Waals surface area contributed by atoms with Gasteiger partial charge in [-0.25, -0.2) is 4.39 Å². The Morgan fingerprint density at radius 2 is 2.05 bits per heavy atom. The lowest BCUT2D eigenvalue weighted by atomic mass is 9.97. The van der Waals surface area contributed by atoms with Gasteiger partial charge >= 0.3 is 5.97 Å². The lowest BCUT2D eigenvalue weighted by Gasteiger charge is -2.28. The van der Waals surface area contributed by atoms with Crippen LogP contribution in [-0.4, -0.2) is 61.5 Å². The molecule has 6 nitrogen and oxygen atoms in total. The number of benzene rings is 2. The van der Waals surface area contributed by atoms with Gasteiger partial charge in [0.05, 0.1) is 32.5 Å². The van der Waals surface area contributed by atoms with E-state index in [0.29, 0.717) is 31.2 Å². The number of esters is 1. The summed E-state index contributed by atoms with van der Waals surface area (Å²) in [6, 6.07) is 11.7. The van der Waals surface area contributed by atoms with Gasteiger partial charge in [0.25, 0.3) is 0 Å². The second-order valence-electron chi connectivity index (χ2n) is 10.2. The van der Waals surface area contributed by atoms with Gasteiger partial charge in [0.2, 0.25) is 0 Å². The van der Waals surface area contributed by atoms with Gasteiger partial charge in [-0.2, -0.15) is 0 Å². The Morgan fingerprint density at radius 1 is 1.24 bits per heavy atom. The number of aryl methyl sites for hydroxylation is 1. The van der Waals surface area contributed by atoms with E-state index in [0.717, 1.165) is 67.5 Å². The zero-order valence-electron chi connectivity index (χ0n) is 23.4. The third-order valence-electron chi connectivity index (χ3n) is 7.38. The summed E-state index contributed by atoms with van der Waals surface area (Å²) >= 11 is 0. The molecule has 0 unspecified atom stereocenters. The van der Waals surface area contributed by atoms with Crippen molar-refractivity contribution in [1.82, 2.24) is 4.90 Å². The molecule has 3 rings (SSSR count). The van der Waals surface area contributed by atoms with Crippen LogP contribution in [0.25, 0.3) is 0 Å². The number of rotatable bonds is 15. The largest absolute Gasteiger partial charge is 0.496 e. The van der Waals surface area contributed by atoms with Gasteiger partial charge in [-0.15, -0.1) is 0 Å². The van der Waals surface area contributed by atoms with Gasteiger partial charge < -0.3 is 19.3 Å². The predicted octanol–water partition coefficient (Wildman–Crippen LogP) is 5.56. The molecule has 0 radical (unpaired) electrons. The summed E-state index contributed by atoms with van der Waals surface area (Å²) < 4.78 is 30.8. The first kappa shape index (κ1) is 30.1. The second-order valence-corrected chi connectivity index (χ2v) is 10.2. The number of unbranched alkanes of at least 4 members (excludes halogenated alkanes) is 1. The van der Waals surface area contributed by atoms with Gasteiger partial charge in [0.15, 0.2) is 0 Å². The molecule has 0 bridgehead atoms. The molecule has 210 valence electrons. The number of methoxy groups -OCH3 is 1. The summed E-state index contributed by atoms with van der Waals surface area (Å²) in [4.78, 5) is 14.0. The van der Waals surface area contributed by atoms with Crippen molar-refractivity contribution >= 4 is 5.97 Å². The molecular weight excluding hydrogens is 485 g/mol. The molecule has 0 amide bonds. The zero-order chi connectivity index (χ0) is 27.5. The number of halogens is 1. The van der Waals surface area contributed by atoms with Crippen LogP contribution in [0.5, 0.6) is 5.75 Å². The minimum atomic E-state index is -0.619. The fourth-order valence-corrected chi connectivity index (χ4v) is 5.30. The molecule has 0 aliphatic carbocycles. The van der Waals surface area contributed by atoms with Crippen molar-refractivity contribution in [3.63, 3.8) is 0 Å². The van der Waals surface area contributed by atoms with Crippen molar-refractivity contribution < 1.29 is 28.5 Å². The maximum atomic E-state index is 14.0. The monoisotopic (exact) mass is 529 g/mol. The van der Waals surface area contributed by atoms with Crippen LogP contribution >= 0.6 is 0 Å². The Morgan fingerprint density at radius 3 is 2.79 bits per heavy atom. The summed E-state index contributed by atoms with van der Waals surface area (Å²) in [5, 5.41) is 10.8. The number of carbonyl (C=O) groups is 1. The topological polar surface area (TPSA) is 68.2 Å². The normalized spacial score (nSPS) is 17.4. The highest BCUT2D eigenvalue weighted by Crippen LogP contribution is 2.31. The maximum Gasteiger partial charge on any atom is 0.305 e. The second kappa shape index (κ2) is 15.2. The summed E-state index contributed by atoms with van der Waals surface area (Å²) in [5.41, 5.74) is 3.77. The lowest BCUT2D eigenvalue weighted by Crippen LogP contribution is -2.39. The first-order valence-electron chi connectivity index (χ1n) is 13.9. The quantitative estimate of drug-likeness (QED) is 0.241. The molecule has 2 aromatic rings. The van der Waals surface area contributed by atoms with E-state index in [2.05, 4.69) is 4.90 Å². The van der Waals surface area contributed by atoms with Crippen LogP contribution in [0.15, 0.2) is 36.4 Å². The number of aliphatic hydroxyl groups excluding tert-OH is 1. The Bertz CT molecular complexity index is 1030. The summed E-state index contributed by atoms with van der Waals surface area (Å²) in [5.74, 6) is 0.483. The summed E-state index contributed by atoms with van der Waals surface area (Å²) in [6.45, 7) is 7.67. The molecule has 7 heteroatoms. The molecule has 1 N–H and O–H groups in total. The molecule has 0 spiro atoms. The molecule has 1 fully saturated rings. The first-order valence-corrected chi connectivity index (χ1v) is 13.9. The van der Waals surface area contributed by atoms with Gasteiger partial charge in [-0.1, -0.05) is 24.3 Å². The van der Waals surface area contributed by atoms with Crippen molar-refractivity contribution in [2.45, 2.75) is 84.0 Å². The van der Waals surface area contributed by atoms with Crippen LogP contribution in [-0.2, 0) is 27.1 Å². The molecule has 38 heavy (non-hydrogen) atoms. The SMILES string of the molecule is CCOC(=O)CCCCc1c(OC)cccc1[C@@H](C)OC[C@H](O)CN1CCC[C@H]1Cc1ccc(C)c(F)c1. The third kappa shape index (κ3) is 8.79. The first-order chi connectivity index (χ1) is 18.3. The maximum absolute atomic E-state index is 14.0. The number of likely N-dealkylation sites (tertiary alicyclic amines) is 1. The number of carbonyl (C=O) groups excluding carboxylic acids is 1. The lowest BCUT2D eigenvalue weighted by molar-refractivity contribution is -0.143. The van der Waals surface area contributed by atoms with Gasteiger partial charge in [-0.3, -0.25) is 9.69 Å². The smallest absolute Gasteiger partial charge is 0.305 e. The van der Waals surface area contributed by atoms with Crippen LogP contribution < -0.4 is 4.74 Å². The standard InChI is InChI=1S/C31H44FNO5/c1-5-37-31(35)14-7-6-11-28-27(12-8-13-30(28)36-4)23(3)38-21-26(34)20-33-17-9-10-25(33)18-24-16-15-22(2)29(32)19-24/h8,12-13,15-16,19,23,25-26,34H,5-7,9-11,14,17-18,20-21H2,1-4H3/t23-,25+,26-/m1/s1. The fourth-order valence-electron chi connectivity index (χ4n) is 5.30. The van der Waals surface area contributed by atoms with Crippen molar-refractivity contribution in [2.24, 2.45) is 0 Å². The van der Waals surface area contributed by atoms with Crippen LogP contribution in [0, 0.1) is 12.7 Å². The zero-order valence-corrected chi connectivity index (χ0v) is 23.4. The minimum Gasteiger partial charge on any atom is -0.496 e. The third-order valence-corrected chi connectivity index (χ3v) is 7.38. The average molecular weight is 530 g/mol. The van der Waals surface area contributed by atoms with Crippen LogP contribution in [0.2, 0.25) is 0 Å². The number of hydrogen-bond donors (Lipinski definition) is 1. The van der Waals surface area contributed by atoms with Crippen molar-refractivity contribution in [3.05, 3.63) is 64.5 Å². The van der Waals surface area contributed by atoms with Crippen LogP contribution in [0.3, 0.4) is 0 Å². The van der Waals surface area contributed by atoms with Crippen molar-refractivity contribution in [3.8, 4) is 5.75 Å². The summed E-state index contributed by atoms with van der Waals surface area (Å²) in [7, 11) is 1.66. The molecule has 1 heterocycles. The summed E-state index contributed by atoms with van der Waals surface area (Å²) in [6.07, 6.45) is 4.83. The molecule has 3 atom stereocenters. The number of aliphatic hydroxyl groups is 1. The number of hydrogen-bond acceptors (Lipinski definition) is 6. The van der Waals surface area contributed by atoms with Crippen LogP contribution in [0.4, 0.5) is 4.39 Å². The van der Waals surface area contributed by atoms with Gasteiger partial charge in [0.1, 0.15) is 11.6 Å². The van der Waals surface area contributed by atoms with Crippen LogP contribution in [0.1, 0.15) is 74.3 Å². The molecule has 1 saturated heterocycles. The van der Waals surface area contributed by atoms with E-state index in [1.807, 2.05) is 44.2 Å². The Balaban J connectivity index is 1.52. The molecule has 2 aromatic carbocycles. The molecule has 1 aliphatic rings. The van der Waals surface area contributed by atoms with E-state index in [-0.39, 0.29) is 24.5 Å². The Hall–Kier alpha value is -2.48. The van der Waals surface area contributed by atoms with E-state index in [1.54, 1.807) is 20.1 Å². The van der Waals surface area contributed by atoms with E-state index < -0.39 is 6.10 Å². The van der Waals surface area contributed by atoms with Gasteiger partial charge in [-0.05, 0) is 100 Å². The molecular formula is C31H44FNO5. The van der Waals surface area contributed by atoms with Gasteiger partial charge in [0, 0.05) is 19.0 Å². The number of nitrogens with zero attached hydrogens (tertiary/aromatic N) is 1. The fraction of sp³-hybridized carbons (Fsp3) is 0.581. The average Bonchev–Trinajstić information content (AvgIpc) is 3.33. The number of ether oxygens (including phenoxy) is 3. The van der Waals surface area contributed by atoms with E-state index in [9.17, 15) is 14.3 Å². The highest BCUT2D eigenvalue weighted by molar-refractivity contribution is 5.69.